The van der Waals surface area contributed by atoms with Crippen LogP contribution in [-0.4, -0.2) is 69.5 Å². The van der Waals surface area contributed by atoms with Crippen LogP contribution in [0.2, 0.25) is 0 Å². The van der Waals surface area contributed by atoms with Crippen LogP contribution < -0.4 is 10.2 Å². The largest absolute Gasteiger partial charge is 0.392 e. The van der Waals surface area contributed by atoms with Crippen molar-refractivity contribution < 1.29 is 9.84 Å². The molecule has 0 amide bonds. The summed E-state index contributed by atoms with van der Waals surface area (Å²) in [6.07, 6.45) is 2.01. The first kappa shape index (κ1) is 18.4. The number of hydrogen-bond donors (Lipinski definition) is 2. The van der Waals surface area contributed by atoms with Gasteiger partial charge in [-0.2, -0.15) is 0 Å². The van der Waals surface area contributed by atoms with Crippen LogP contribution in [0.5, 0.6) is 0 Å². The number of nitrogens with zero attached hydrogens (tertiary/aromatic N) is 6. The van der Waals surface area contributed by atoms with Crippen molar-refractivity contribution in [2.24, 2.45) is 0 Å². The van der Waals surface area contributed by atoms with Crippen molar-refractivity contribution in [2.45, 2.75) is 25.5 Å². The molecule has 2 saturated heterocycles. The van der Waals surface area contributed by atoms with Gasteiger partial charge in [-0.05, 0) is 37.6 Å². The van der Waals surface area contributed by atoms with Crippen LogP contribution in [0.15, 0.2) is 24.3 Å². The average molecular weight is 395 g/mol. The molecule has 0 unspecified atom stereocenters. The van der Waals surface area contributed by atoms with E-state index in [-0.39, 0.29) is 12.6 Å². The van der Waals surface area contributed by atoms with Gasteiger partial charge in [0.15, 0.2) is 22.8 Å². The number of hydrogen-bond acceptors (Lipinski definition) is 8. The zero-order valence-corrected chi connectivity index (χ0v) is 16.3. The second-order valence-electron chi connectivity index (χ2n) is 7.52. The van der Waals surface area contributed by atoms with E-state index in [1.165, 1.54) is 0 Å². The first-order valence-electron chi connectivity index (χ1n) is 10.2. The molecule has 152 valence electrons. The highest BCUT2D eigenvalue weighted by atomic mass is 16.5. The van der Waals surface area contributed by atoms with Crippen LogP contribution in [0.3, 0.4) is 0 Å². The van der Waals surface area contributed by atoms with E-state index in [0.717, 1.165) is 67.1 Å². The molecule has 9 heteroatoms. The normalized spacial score (nSPS) is 18.4. The fraction of sp³-hybridized carbons (Fsp3) is 0.500. The van der Waals surface area contributed by atoms with Gasteiger partial charge in [-0.25, -0.2) is 14.6 Å². The van der Waals surface area contributed by atoms with Crippen LogP contribution in [0.4, 0.5) is 5.82 Å². The molecular formula is C20H25N7O2. The van der Waals surface area contributed by atoms with E-state index in [0.29, 0.717) is 19.0 Å². The Balaban J connectivity index is 1.65. The Morgan fingerprint density at radius 1 is 1.14 bits per heavy atom. The molecule has 2 N–H and O–H groups in total. The van der Waals surface area contributed by atoms with Crippen LogP contribution in [0.1, 0.15) is 24.4 Å². The van der Waals surface area contributed by atoms with E-state index >= 15 is 0 Å². The summed E-state index contributed by atoms with van der Waals surface area (Å²) in [5, 5.41) is 21.9. The third-order valence-electron chi connectivity index (χ3n) is 5.64. The van der Waals surface area contributed by atoms with E-state index < -0.39 is 0 Å². The van der Waals surface area contributed by atoms with Gasteiger partial charge in [0.05, 0.1) is 25.9 Å². The van der Waals surface area contributed by atoms with Crippen molar-refractivity contribution in [2.75, 3.05) is 44.3 Å². The number of anilines is 1. The van der Waals surface area contributed by atoms with Crippen LogP contribution in [0, 0.1) is 0 Å². The molecule has 2 aromatic heterocycles. The first-order valence-corrected chi connectivity index (χ1v) is 10.2. The topological polar surface area (TPSA) is 101 Å². The predicted octanol–water partition coefficient (Wildman–Crippen LogP) is 1.14. The van der Waals surface area contributed by atoms with E-state index in [1.54, 1.807) is 0 Å². The first-order chi connectivity index (χ1) is 14.3. The molecule has 4 heterocycles. The van der Waals surface area contributed by atoms with Gasteiger partial charge in [-0.15, -0.1) is 5.10 Å². The molecule has 0 saturated carbocycles. The summed E-state index contributed by atoms with van der Waals surface area (Å²) in [5.41, 5.74) is 3.24. The lowest BCUT2D eigenvalue weighted by Gasteiger charge is -2.28. The number of nitrogens with one attached hydrogen (secondary N) is 1. The number of benzene rings is 1. The quantitative estimate of drug-likeness (QED) is 0.678. The highest BCUT2D eigenvalue weighted by molar-refractivity contribution is 5.85. The maximum atomic E-state index is 9.53. The van der Waals surface area contributed by atoms with E-state index in [2.05, 4.69) is 20.5 Å². The Bertz CT molecular complexity index is 994. The van der Waals surface area contributed by atoms with Gasteiger partial charge >= 0.3 is 0 Å². The molecule has 2 aliphatic rings. The number of ether oxygens (including phenoxy) is 1. The molecule has 29 heavy (non-hydrogen) atoms. The minimum Gasteiger partial charge on any atom is -0.392 e. The molecule has 1 aromatic carbocycles. The SMILES string of the molecule is OCc1cccc(-c2nc(N3CCOCC3)c3nnn(C4CCNCC4)c3n2)c1. The fourth-order valence-corrected chi connectivity index (χ4v) is 4.05. The number of morpholine rings is 1. The van der Waals surface area contributed by atoms with Gasteiger partial charge in [0.25, 0.3) is 0 Å². The minimum atomic E-state index is -0.0129. The van der Waals surface area contributed by atoms with Gasteiger partial charge in [-0.3, -0.25) is 0 Å². The second-order valence-corrected chi connectivity index (χ2v) is 7.52. The summed E-state index contributed by atoms with van der Waals surface area (Å²) in [7, 11) is 0. The van der Waals surface area contributed by atoms with Crippen molar-refractivity contribution in [3.63, 3.8) is 0 Å². The van der Waals surface area contributed by atoms with Gasteiger partial charge < -0.3 is 20.1 Å². The van der Waals surface area contributed by atoms with E-state index in [1.807, 2.05) is 28.9 Å². The summed E-state index contributed by atoms with van der Waals surface area (Å²) in [6, 6.07) is 8.01. The summed E-state index contributed by atoms with van der Waals surface area (Å²) in [4.78, 5) is 12.0. The highest BCUT2D eigenvalue weighted by Crippen LogP contribution is 2.30. The Labute approximate surface area is 168 Å². The van der Waals surface area contributed by atoms with Gasteiger partial charge in [-0.1, -0.05) is 23.4 Å². The van der Waals surface area contributed by atoms with Crippen LogP contribution >= 0.6 is 0 Å². The molecule has 0 bridgehead atoms. The average Bonchev–Trinajstić information content (AvgIpc) is 3.24. The Hall–Kier alpha value is -2.62. The van der Waals surface area contributed by atoms with Gasteiger partial charge in [0.1, 0.15) is 0 Å². The van der Waals surface area contributed by atoms with Crippen LogP contribution in [0.25, 0.3) is 22.6 Å². The monoisotopic (exact) mass is 395 g/mol. The molecule has 0 radical (unpaired) electrons. The Morgan fingerprint density at radius 2 is 1.97 bits per heavy atom. The molecule has 3 aromatic rings. The minimum absolute atomic E-state index is 0.0129. The highest BCUT2D eigenvalue weighted by Gasteiger charge is 2.25. The molecular weight excluding hydrogens is 370 g/mol. The molecule has 9 nitrogen and oxygen atoms in total. The van der Waals surface area contributed by atoms with E-state index in [4.69, 9.17) is 14.7 Å². The number of aliphatic hydroxyl groups excluding tert-OH is 1. The summed E-state index contributed by atoms with van der Waals surface area (Å²) in [6.45, 7) is 4.80. The zero-order valence-electron chi connectivity index (χ0n) is 16.3. The van der Waals surface area contributed by atoms with Crippen molar-refractivity contribution in [3.05, 3.63) is 29.8 Å². The maximum absolute atomic E-state index is 9.53. The third-order valence-corrected chi connectivity index (χ3v) is 5.64. The molecule has 0 spiro atoms. The lowest BCUT2D eigenvalue weighted by Crippen LogP contribution is -2.37. The van der Waals surface area contributed by atoms with Crippen molar-refractivity contribution in [1.82, 2.24) is 30.3 Å². The Morgan fingerprint density at radius 3 is 2.76 bits per heavy atom. The molecule has 0 aliphatic carbocycles. The lowest BCUT2D eigenvalue weighted by atomic mass is 10.1. The smallest absolute Gasteiger partial charge is 0.184 e. The van der Waals surface area contributed by atoms with E-state index in [9.17, 15) is 5.11 Å². The van der Waals surface area contributed by atoms with Crippen LogP contribution in [-0.2, 0) is 11.3 Å². The summed E-state index contributed by atoms with van der Waals surface area (Å²) < 4.78 is 7.49. The van der Waals surface area contributed by atoms with Gasteiger partial charge in [0, 0.05) is 18.7 Å². The number of aromatic nitrogens is 5. The molecule has 5 rings (SSSR count). The lowest BCUT2D eigenvalue weighted by molar-refractivity contribution is 0.122. The molecule has 2 fully saturated rings. The van der Waals surface area contributed by atoms with Crippen molar-refractivity contribution in [3.8, 4) is 11.4 Å². The van der Waals surface area contributed by atoms with Crippen molar-refractivity contribution >= 4 is 17.0 Å². The summed E-state index contributed by atoms with van der Waals surface area (Å²) >= 11 is 0. The Kier molecular flexibility index (Phi) is 5.09. The number of fused-ring (bicyclic) bond motifs is 1. The summed E-state index contributed by atoms with van der Waals surface area (Å²) in [5.74, 6) is 1.44. The second kappa shape index (κ2) is 8.02. The van der Waals surface area contributed by atoms with Crippen molar-refractivity contribution in [1.29, 1.82) is 0 Å². The predicted molar refractivity (Wildman–Crippen MR) is 109 cm³/mol. The fourth-order valence-electron chi connectivity index (χ4n) is 4.05. The molecule has 0 atom stereocenters. The van der Waals surface area contributed by atoms with Gasteiger partial charge in [0.2, 0.25) is 0 Å². The molecule has 2 aliphatic heterocycles. The standard InChI is InChI=1S/C20H25N7O2/c28-13-14-2-1-3-15(12-14)18-22-19(26-8-10-29-11-9-26)17-20(23-18)27(25-24-17)16-4-6-21-7-5-16/h1-3,12,16,21,28H,4-11,13H2. The number of aliphatic hydroxyl groups is 1. The maximum Gasteiger partial charge on any atom is 0.184 e. The third kappa shape index (κ3) is 3.57. The number of piperidine rings is 1. The zero-order chi connectivity index (χ0) is 19.6. The number of rotatable bonds is 4.